The Balaban J connectivity index is 2.61. The van der Waals surface area contributed by atoms with E-state index < -0.39 is 0 Å². The number of ether oxygens (including phenoxy) is 1. The van der Waals surface area contributed by atoms with E-state index in [-0.39, 0.29) is 0 Å². The highest BCUT2D eigenvalue weighted by Gasteiger charge is 2.10. The minimum absolute atomic E-state index is 0.445. The molecule has 1 aromatic rings. The Morgan fingerprint density at radius 1 is 1.53 bits per heavy atom. The summed E-state index contributed by atoms with van der Waals surface area (Å²) >= 11 is 0. The SMILES string of the molecule is COCC(C)Cn1nnc(CCN)c1C. The summed E-state index contributed by atoms with van der Waals surface area (Å²) in [6.07, 6.45) is 0.796. The van der Waals surface area contributed by atoms with E-state index in [4.69, 9.17) is 10.5 Å². The van der Waals surface area contributed by atoms with E-state index in [9.17, 15) is 0 Å². The second-order valence-corrected chi connectivity index (χ2v) is 3.90. The van der Waals surface area contributed by atoms with Crippen molar-refractivity contribution in [2.45, 2.75) is 26.8 Å². The molecule has 15 heavy (non-hydrogen) atoms. The third kappa shape index (κ3) is 3.28. The van der Waals surface area contributed by atoms with Gasteiger partial charge in [0.25, 0.3) is 0 Å². The molecule has 0 spiro atoms. The van der Waals surface area contributed by atoms with Crippen molar-refractivity contribution in [2.75, 3.05) is 20.3 Å². The van der Waals surface area contributed by atoms with Crippen molar-refractivity contribution in [1.82, 2.24) is 15.0 Å². The Morgan fingerprint density at radius 2 is 2.27 bits per heavy atom. The van der Waals surface area contributed by atoms with Crippen LogP contribution in [0, 0.1) is 12.8 Å². The molecule has 1 heterocycles. The first-order chi connectivity index (χ1) is 7.19. The van der Waals surface area contributed by atoms with Gasteiger partial charge < -0.3 is 10.5 Å². The van der Waals surface area contributed by atoms with Crippen molar-refractivity contribution in [3.05, 3.63) is 11.4 Å². The molecule has 0 saturated carbocycles. The van der Waals surface area contributed by atoms with Gasteiger partial charge in [-0.3, -0.25) is 0 Å². The monoisotopic (exact) mass is 212 g/mol. The molecule has 0 aliphatic rings. The molecule has 2 N–H and O–H groups in total. The van der Waals surface area contributed by atoms with E-state index in [1.807, 2.05) is 11.6 Å². The minimum Gasteiger partial charge on any atom is -0.384 e. The van der Waals surface area contributed by atoms with E-state index >= 15 is 0 Å². The summed E-state index contributed by atoms with van der Waals surface area (Å²) in [4.78, 5) is 0. The lowest BCUT2D eigenvalue weighted by atomic mass is 10.2. The van der Waals surface area contributed by atoms with E-state index in [1.54, 1.807) is 7.11 Å². The van der Waals surface area contributed by atoms with Crippen LogP contribution in [-0.2, 0) is 17.7 Å². The highest BCUT2D eigenvalue weighted by Crippen LogP contribution is 2.07. The van der Waals surface area contributed by atoms with Crippen LogP contribution >= 0.6 is 0 Å². The lowest BCUT2D eigenvalue weighted by Crippen LogP contribution is -2.15. The molecule has 5 nitrogen and oxygen atoms in total. The number of nitrogens with two attached hydrogens (primary N) is 1. The van der Waals surface area contributed by atoms with Crippen LogP contribution in [0.5, 0.6) is 0 Å². The van der Waals surface area contributed by atoms with Gasteiger partial charge in [0.15, 0.2) is 0 Å². The molecule has 0 saturated heterocycles. The number of hydrogen-bond acceptors (Lipinski definition) is 4. The fourth-order valence-corrected chi connectivity index (χ4v) is 1.57. The van der Waals surface area contributed by atoms with Gasteiger partial charge in [0, 0.05) is 20.1 Å². The summed E-state index contributed by atoms with van der Waals surface area (Å²) in [5, 5.41) is 8.22. The Bertz CT molecular complexity index is 298. The first-order valence-electron chi connectivity index (χ1n) is 5.27. The number of hydrogen-bond donors (Lipinski definition) is 1. The van der Waals surface area contributed by atoms with Gasteiger partial charge in [0.1, 0.15) is 0 Å². The highest BCUT2D eigenvalue weighted by molar-refractivity contribution is 5.08. The maximum absolute atomic E-state index is 5.49. The zero-order chi connectivity index (χ0) is 11.3. The minimum atomic E-state index is 0.445. The van der Waals surface area contributed by atoms with Crippen LogP contribution in [0.1, 0.15) is 18.3 Å². The molecular weight excluding hydrogens is 192 g/mol. The molecule has 0 radical (unpaired) electrons. The van der Waals surface area contributed by atoms with Gasteiger partial charge in [0.05, 0.1) is 18.0 Å². The van der Waals surface area contributed by atoms with Crippen LogP contribution in [-0.4, -0.2) is 35.3 Å². The summed E-state index contributed by atoms with van der Waals surface area (Å²) in [6, 6.07) is 0. The fraction of sp³-hybridized carbons (Fsp3) is 0.800. The average molecular weight is 212 g/mol. The van der Waals surface area contributed by atoms with Gasteiger partial charge >= 0.3 is 0 Å². The first kappa shape index (κ1) is 12.1. The molecule has 0 aliphatic carbocycles. The summed E-state index contributed by atoms with van der Waals surface area (Å²) < 4.78 is 7.01. The summed E-state index contributed by atoms with van der Waals surface area (Å²) in [7, 11) is 1.71. The third-order valence-electron chi connectivity index (χ3n) is 2.40. The Morgan fingerprint density at radius 3 is 2.87 bits per heavy atom. The lowest BCUT2D eigenvalue weighted by molar-refractivity contribution is 0.148. The molecule has 1 rings (SSSR count). The van der Waals surface area contributed by atoms with Crippen molar-refractivity contribution in [3.63, 3.8) is 0 Å². The Hall–Kier alpha value is -0.940. The largest absolute Gasteiger partial charge is 0.384 e. The number of nitrogens with zero attached hydrogens (tertiary/aromatic N) is 3. The zero-order valence-electron chi connectivity index (χ0n) is 9.73. The van der Waals surface area contributed by atoms with Crippen LogP contribution < -0.4 is 5.73 Å². The molecule has 0 amide bonds. The van der Waals surface area contributed by atoms with Crippen molar-refractivity contribution in [3.8, 4) is 0 Å². The standard InChI is InChI=1S/C10H20N4O/c1-8(7-15-3)6-14-9(2)10(4-5-11)12-13-14/h8H,4-7,11H2,1-3H3. The number of aromatic nitrogens is 3. The average Bonchev–Trinajstić information content (AvgIpc) is 2.51. The van der Waals surface area contributed by atoms with Crippen molar-refractivity contribution >= 4 is 0 Å². The zero-order valence-corrected chi connectivity index (χ0v) is 9.73. The summed E-state index contributed by atoms with van der Waals surface area (Å²) in [5.74, 6) is 0.445. The Kier molecular flexibility index (Phi) is 4.71. The van der Waals surface area contributed by atoms with Gasteiger partial charge in [0.2, 0.25) is 0 Å². The fourth-order valence-electron chi connectivity index (χ4n) is 1.57. The normalized spacial score (nSPS) is 13.1. The second-order valence-electron chi connectivity index (χ2n) is 3.90. The maximum atomic E-state index is 5.49. The molecule has 86 valence electrons. The molecule has 0 fully saturated rings. The van der Waals surface area contributed by atoms with Crippen molar-refractivity contribution < 1.29 is 4.74 Å². The lowest BCUT2D eigenvalue weighted by Gasteiger charge is -2.10. The number of rotatable bonds is 6. The van der Waals surface area contributed by atoms with Gasteiger partial charge in [-0.2, -0.15) is 0 Å². The molecule has 0 aliphatic heterocycles. The molecule has 1 aromatic heterocycles. The topological polar surface area (TPSA) is 66.0 Å². The van der Waals surface area contributed by atoms with Gasteiger partial charge in [-0.25, -0.2) is 4.68 Å². The van der Waals surface area contributed by atoms with E-state index in [0.717, 1.165) is 31.0 Å². The highest BCUT2D eigenvalue weighted by atomic mass is 16.5. The van der Waals surface area contributed by atoms with Crippen LogP contribution in [0.15, 0.2) is 0 Å². The van der Waals surface area contributed by atoms with Gasteiger partial charge in [-0.1, -0.05) is 12.1 Å². The van der Waals surface area contributed by atoms with E-state index in [2.05, 4.69) is 17.2 Å². The second kappa shape index (κ2) is 5.82. The molecule has 0 bridgehead atoms. The van der Waals surface area contributed by atoms with Crippen LogP contribution in [0.4, 0.5) is 0 Å². The molecule has 1 atom stereocenters. The van der Waals surface area contributed by atoms with Gasteiger partial charge in [-0.05, 0) is 19.4 Å². The van der Waals surface area contributed by atoms with E-state index in [1.165, 1.54) is 0 Å². The van der Waals surface area contributed by atoms with Crippen LogP contribution in [0.3, 0.4) is 0 Å². The van der Waals surface area contributed by atoms with E-state index in [0.29, 0.717) is 12.5 Å². The summed E-state index contributed by atoms with van der Waals surface area (Å²) in [5.41, 5.74) is 7.61. The predicted octanol–water partition coefficient (Wildman–Crippen LogP) is 0.370. The van der Waals surface area contributed by atoms with Gasteiger partial charge in [-0.15, -0.1) is 5.10 Å². The quantitative estimate of drug-likeness (QED) is 0.740. The van der Waals surface area contributed by atoms with Crippen molar-refractivity contribution in [1.29, 1.82) is 0 Å². The van der Waals surface area contributed by atoms with Crippen LogP contribution in [0.2, 0.25) is 0 Å². The number of methoxy groups -OCH3 is 1. The molecule has 1 unspecified atom stereocenters. The molecular formula is C10H20N4O. The van der Waals surface area contributed by atoms with Crippen molar-refractivity contribution in [2.24, 2.45) is 11.7 Å². The molecule has 0 aromatic carbocycles. The maximum Gasteiger partial charge on any atom is 0.0868 e. The third-order valence-corrected chi connectivity index (χ3v) is 2.40. The Labute approximate surface area is 90.6 Å². The summed E-state index contributed by atoms with van der Waals surface area (Å²) in [6.45, 7) is 6.37. The predicted molar refractivity (Wildman–Crippen MR) is 58.6 cm³/mol. The van der Waals surface area contributed by atoms with Crippen LogP contribution in [0.25, 0.3) is 0 Å². The smallest absolute Gasteiger partial charge is 0.0868 e. The molecule has 5 heteroatoms. The first-order valence-corrected chi connectivity index (χ1v) is 5.27.